The number of pyridine rings is 2. The van der Waals surface area contributed by atoms with E-state index < -0.39 is 34.5 Å². The van der Waals surface area contributed by atoms with Gasteiger partial charge >= 0.3 is 0 Å². The number of benzene rings is 2. The molecule has 224 valence electrons. The maximum Gasteiger partial charge on any atom is 0.282 e. The summed E-state index contributed by atoms with van der Waals surface area (Å²) in [6.45, 7) is 0. The van der Waals surface area contributed by atoms with Gasteiger partial charge in [0.25, 0.3) is 18.0 Å². The van der Waals surface area contributed by atoms with Crippen molar-refractivity contribution in [1.82, 2.24) is 34.6 Å². The van der Waals surface area contributed by atoms with Crippen LogP contribution in [0, 0.1) is 10.1 Å². The van der Waals surface area contributed by atoms with E-state index in [4.69, 9.17) is 15.7 Å². The molecule has 14 heteroatoms. The summed E-state index contributed by atoms with van der Waals surface area (Å²) in [5.41, 5.74) is 9.17. The number of alkyl halides is 2. The Morgan fingerprint density at radius 2 is 1.93 bits per heavy atom. The number of aryl methyl sites for hydroxylation is 1. The molecular weight excluding hydrogens is 584 g/mol. The maximum absolute atomic E-state index is 13.1. The van der Waals surface area contributed by atoms with E-state index in [1.165, 1.54) is 0 Å². The third-order valence-corrected chi connectivity index (χ3v) is 7.79. The normalized spacial score (nSPS) is 14.2. The molecule has 1 atom stereocenters. The average Bonchev–Trinajstić information content (AvgIpc) is 3.79. The molecule has 6 aromatic rings. The Morgan fingerprint density at radius 3 is 2.69 bits per heavy atom. The summed E-state index contributed by atoms with van der Waals surface area (Å²) in [6, 6.07) is 17.2. The molecule has 0 bridgehead atoms. The first-order chi connectivity index (χ1) is 21.8. The molecule has 1 amide bonds. The minimum Gasteiger partial charge on any atom is -0.383 e. The number of hydrogen-bond acceptors (Lipinski definition) is 8. The van der Waals surface area contributed by atoms with E-state index in [1.807, 2.05) is 41.0 Å². The first-order valence-corrected chi connectivity index (χ1v) is 13.9. The number of nitro groups is 1. The quantitative estimate of drug-likeness (QED) is 0.177. The van der Waals surface area contributed by atoms with Gasteiger partial charge in [0.05, 0.1) is 16.5 Å². The molecule has 3 N–H and O–H groups in total. The Bertz CT molecular complexity index is 2110. The molecule has 45 heavy (non-hydrogen) atoms. The number of anilines is 1. The number of rotatable bonds is 7. The summed E-state index contributed by atoms with van der Waals surface area (Å²) in [7, 11) is 0. The number of nitrogens with zero attached hydrogens (tertiary/aromatic N) is 7. The van der Waals surface area contributed by atoms with E-state index in [1.54, 1.807) is 35.4 Å². The largest absolute Gasteiger partial charge is 0.383 e. The lowest BCUT2D eigenvalue weighted by atomic mass is 10.1. The van der Waals surface area contributed by atoms with E-state index >= 15 is 0 Å². The number of nitrogen functional groups attached to an aromatic ring is 1. The lowest BCUT2D eigenvalue weighted by molar-refractivity contribution is -0.385. The van der Waals surface area contributed by atoms with Crippen molar-refractivity contribution < 1.29 is 18.5 Å². The highest BCUT2D eigenvalue weighted by atomic mass is 19.3. The van der Waals surface area contributed by atoms with Crippen LogP contribution in [0.2, 0.25) is 0 Å². The van der Waals surface area contributed by atoms with Gasteiger partial charge in [-0.25, -0.2) is 28.4 Å². The minimum absolute atomic E-state index is 0.280. The van der Waals surface area contributed by atoms with Crippen LogP contribution in [0.5, 0.6) is 0 Å². The standard InChI is InChI=1S/C31H23F2N9O3/c32-27(33)18-4-7-21(25(16-18)42(44)45)31(43)38-23-9-5-17-15-19(6-8-20(17)23)41-29(22-3-1-12-35-28(22)34)37-24-10-11-26(39-30(24)41)40-14-2-13-36-40/h1-4,6-8,10-16,23,27H,5,9H2,(H2,34,35)(H,38,43). The summed E-state index contributed by atoms with van der Waals surface area (Å²) in [4.78, 5) is 37.8. The molecule has 0 radical (unpaired) electrons. The van der Waals surface area contributed by atoms with Crippen LogP contribution < -0.4 is 11.1 Å². The van der Waals surface area contributed by atoms with Crippen LogP contribution in [0.25, 0.3) is 34.1 Å². The van der Waals surface area contributed by atoms with Crippen LogP contribution in [0.3, 0.4) is 0 Å². The van der Waals surface area contributed by atoms with Gasteiger partial charge in [-0.2, -0.15) is 5.10 Å². The van der Waals surface area contributed by atoms with Crippen LogP contribution in [0.4, 0.5) is 20.3 Å². The highest BCUT2D eigenvalue weighted by molar-refractivity contribution is 5.98. The number of aromatic nitrogens is 6. The second-order valence-electron chi connectivity index (χ2n) is 10.5. The van der Waals surface area contributed by atoms with E-state index in [2.05, 4.69) is 15.4 Å². The average molecular weight is 608 g/mol. The highest BCUT2D eigenvalue weighted by Crippen LogP contribution is 2.36. The number of amides is 1. The highest BCUT2D eigenvalue weighted by Gasteiger charge is 2.29. The zero-order valence-electron chi connectivity index (χ0n) is 23.3. The molecule has 7 rings (SSSR count). The molecular formula is C31H23F2N9O3. The van der Waals surface area contributed by atoms with Crippen LogP contribution in [-0.2, 0) is 6.42 Å². The fourth-order valence-corrected chi connectivity index (χ4v) is 5.67. The number of nitrogens with two attached hydrogens (primary N) is 1. The predicted molar refractivity (Wildman–Crippen MR) is 160 cm³/mol. The van der Waals surface area contributed by atoms with Crippen LogP contribution in [0.1, 0.15) is 45.9 Å². The number of carbonyl (C=O) groups excluding carboxylic acids is 1. The van der Waals surface area contributed by atoms with Crippen LogP contribution >= 0.6 is 0 Å². The van der Waals surface area contributed by atoms with Crippen LogP contribution in [-0.4, -0.2) is 40.1 Å². The monoisotopic (exact) mass is 607 g/mol. The molecule has 0 spiro atoms. The van der Waals surface area contributed by atoms with Crippen molar-refractivity contribution in [2.45, 2.75) is 25.3 Å². The Kier molecular flexibility index (Phi) is 6.72. The molecule has 12 nitrogen and oxygen atoms in total. The van der Waals surface area contributed by atoms with E-state index in [9.17, 15) is 23.7 Å². The number of hydrogen-bond donors (Lipinski definition) is 2. The molecule has 1 aliphatic carbocycles. The van der Waals surface area contributed by atoms with Gasteiger partial charge in [0.15, 0.2) is 17.3 Å². The predicted octanol–water partition coefficient (Wildman–Crippen LogP) is 5.51. The van der Waals surface area contributed by atoms with E-state index in [0.29, 0.717) is 47.0 Å². The molecule has 2 aromatic carbocycles. The number of nitro benzene ring substituents is 1. The SMILES string of the molecule is Nc1ncccc1-c1nc2ccc(-n3cccn3)nc2n1-c1ccc2c(c1)CCC2NC(=O)c1ccc(C(F)F)cc1[N+](=O)[O-]. The Hall–Kier alpha value is -6.05. The van der Waals surface area contributed by atoms with Crippen molar-refractivity contribution in [3.63, 3.8) is 0 Å². The maximum atomic E-state index is 13.1. The van der Waals surface area contributed by atoms with Gasteiger partial charge in [-0.05, 0) is 72.5 Å². The Labute approximate surface area is 253 Å². The van der Waals surface area contributed by atoms with E-state index in [0.717, 1.165) is 35.0 Å². The topological polar surface area (TPSA) is 160 Å². The zero-order valence-corrected chi connectivity index (χ0v) is 23.3. The van der Waals surface area contributed by atoms with Gasteiger partial charge in [0.1, 0.15) is 16.9 Å². The smallest absolute Gasteiger partial charge is 0.282 e. The number of nitrogens with one attached hydrogen (secondary N) is 1. The Balaban J connectivity index is 1.27. The molecule has 0 saturated carbocycles. The molecule has 4 aromatic heterocycles. The summed E-state index contributed by atoms with van der Waals surface area (Å²) in [5, 5.41) is 18.7. The summed E-state index contributed by atoms with van der Waals surface area (Å²) >= 11 is 0. The first kappa shape index (κ1) is 27.8. The van der Waals surface area contributed by atoms with Crippen molar-refractivity contribution in [2.24, 2.45) is 0 Å². The Morgan fingerprint density at radius 1 is 1.07 bits per heavy atom. The lowest BCUT2D eigenvalue weighted by Crippen LogP contribution is -2.27. The fraction of sp³-hybridized carbons (Fsp3) is 0.129. The van der Waals surface area contributed by atoms with Crippen LogP contribution in [0.15, 0.2) is 85.3 Å². The molecule has 1 aliphatic rings. The first-order valence-electron chi connectivity index (χ1n) is 13.9. The second kappa shape index (κ2) is 10.9. The molecule has 0 fully saturated rings. The number of carbonyl (C=O) groups is 1. The van der Waals surface area contributed by atoms with Crippen molar-refractivity contribution in [1.29, 1.82) is 0 Å². The van der Waals surface area contributed by atoms with Crippen molar-refractivity contribution in [3.05, 3.63) is 118 Å². The zero-order chi connectivity index (χ0) is 31.2. The van der Waals surface area contributed by atoms with Crippen molar-refractivity contribution in [3.8, 4) is 22.9 Å². The summed E-state index contributed by atoms with van der Waals surface area (Å²) in [5.74, 6) is 0.734. The van der Waals surface area contributed by atoms with E-state index in [-0.39, 0.29) is 5.56 Å². The number of halogens is 2. The second-order valence-corrected chi connectivity index (χ2v) is 10.5. The van der Waals surface area contributed by atoms with Gasteiger partial charge < -0.3 is 11.1 Å². The minimum atomic E-state index is -2.90. The fourth-order valence-electron chi connectivity index (χ4n) is 5.67. The third-order valence-electron chi connectivity index (χ3n) is 7.79. The van der Waals surface area contributed by atoms with Crippen molar-refractivity contribution >= 4 is 28.6 Å². The summed E-state index contributed by atoms with van der Waals surface area (Å²) in [6.07, 6.45) is 3.32. The van der Waals surface area contributed by atoms with Crippen molar-refractivity contribution in [2.75, 3.05) is 5.73 Å². The third kappa shape index (κ3) is 4.91. The number of fused-ring (bicyclic) bond motifs is 2. The molecule has 0 aliphatic heterocycles. The lowest BCUT2D eigenvalue weighted by Gasteiger charge is -2.16. The van der Waals surface area contributed by atoms with Gasteiger partial charge in [-0.15, -0.1) is 0 Å². The van der Waals surface area contributed by atoms with Gasteiger partial charge in [-0.1, -0.05) is 12.1 Å². The number of imidazole rings is 1. The summed E-state index contributed by atoms with van der Waals surface area (Å²) < 4.78 is 29.8. The molecule has 4 heterocycles. The van der Waals surface area contributed by atoms with Gasteiger partial charge in [0.2, 0.25) is 0 Å². The van der Waals surface area contributed by atoms with Gasteiger partial charge in [-0.3, -0.25) is 19.5 Å². The molecule has 0 saturated heterocycles. The molecule has 1 unspecified atom stereocenters. The van der Waals surface area contributed by atoms with Gasteiger partial charge in [0, 0.05) is 35.9 Å².